The van der Waals surface area contributed by atoms with E-state index in [1.807, 2.05) is 6.92 Å². The summed E-state index contributed by atoms with van der Waals surface area (Å²) in [7, 11) is -1.92. The minimum atomic E-state index is -3.68. The summed E-state index contributed by atoms with van der Waals surface area (Å²) in [5.41, 5.74) is 0.458. The molecule has 9 nitrogen and oxygen atoms in total. The third kappa shape index (κ3) is 4.17. The first-order valence-electron chi connectivity index (χ1n) is 9.21. The molecule has 1 amide bonds. The average molecular weight is 407 g/mol. The molecule has 0 unspecified atom stereocenters. The van der Waals surface area contributed by atoms with Gasteiger partial charge in [0, 0.05) is 51.7 Å². The summed E-state index contributed by atoms with van der Waals surface area (Å²) < 4.78 is 34.1. The highest BCUT2D eigenvalue weighted by Crippen LogP contribution is 2.18. The smallest absolute Gasteiger partial charge is 0.262 e. The molecule has 0 radical (unpaired) electrons. The average Bonchev–Trinajstić information content (AvgIpc) is 2.87. The van der Waals surface area contributed by atoms with Gasteiger partial charge in [0.2, 0.25) is 5.88 Å². The summed E-state index contributed by atoms with van der Waals surface area (Å²) >= 11 is 0. The minimum absolute atomic E-state index is 0.0444. The quantitative estimate of drug-likeness (QED) is 0.735. The van der Waals surface area contributed by atoms with E-state index >= 15 is 0 Å². The predicted octanol–water partition coefficient (Wildman–Crippen LogP) is 1.06. The van der Waals surface area contributed by atoms with Crippen molar-refractivity contribution in [3.63, 3.8) is 0 Å². The maximum atomic E-state index is 12.9. The monoisotopic (exact) mass is 407 g/mol. The Bertz CT molecular complexity index is 920. The maximum absolute atomic E-state index is 12.9. The number of nitrogens with zero attached hydrogens (tertiary/aromatic N) is 5. The van der Waals surface area contributed by atoms with Crippen molar-refractivity contribution in [3.05, 3.63) is 35.9 Å². The molecule has 1 saturated heterocycles. The predicted molar refractivity (Wildman–Crippen MR) is 103 cm³/mol. The zero-order valence-electron chi connectivity index (χ0n) is 16.3. The van der Waals surface area contributed by atoms with Crippen LogP contribution in [0.25, 0.3) is 0 Å². The summed E-state index contributed by atoms with van der Waals surface area (Å²) in [5.74, 6) is 0.939. The molecule has 10 heteroatoms. The highest BCUT2D eigenvalue weighted by Gasteiger charge is 2.30. The molecule has 1 aliphatic rings. The van der Waals surface area contributed by atoms with Crippen LogP contribution in [0.2, 0.25) is 0 Å². The number of rotatable bonds is 5. The zero-order valence-corrected chi connectivity index (χ0v) is 17.1. The molecule has 3 rings (SSSR count). The normalized spacial score (nSPS) is 16.0. The number of imidazole rings is 1. The summed E-state index contributed by atoms with van der Waals surface area (Å²) in [6, 6.07) is 3.34. The zero-order chi connectivity index (χ0) is 20.3. The van der Waals surface area contributed by atoms with Crippen LogP contribution in [-0.2, 0) is 17.1 Å². The molecule has 152 valence electrons. The molecule has 1 aliphatic heterocycles. The topological polar surface area (TPSA) is 97.6 Å². The van der Waals surface area contributed by atoms with Crippen molar-refractivity contribution in [1.82, 2.24) is 23.7 Å². The van der Waals surface area contributed by atoms with E-state index in [0.717, 1.165) is 0 Å². The third-order valence-corrected chi connectivity index (χ3v) is 6.48. The highest BCUT2D eigenvalue weighted by molar-refractivity contribution is 7.89. The summed E-state index contributed by atoms with van der Waals surface area (Å²) in [6.45, 7) is 5.51. The first-order chi connectivity index (χ1) is 13.3. The van der Waals surface area contributed by atoms with Gasteiger partial charge in [0.25, 0.3) is 15.9 Å². The molecule has 2 aromatic rings. The number of amides is 1. The number of aromatic nitrogens is 3. The van der Waals surface area contributed by atoms with Crippen LogP contribution < -0.4 is 4.74 Å². The number of ether oxygens (including phenoxy) is 1. The molecule has 0 N–H and O–H groups in total. The Morgan fingerprint density at radius 1 is 1.21 bits per heavy atom. The lowest BCUT2D eigenvalue weighted by Gasteiger charge is -2.21. The number of aryl methyl sites for hydroxylation is 2. The van der Waals surface area contributed by atoms with E-state index in [0.29, 0.717) is 49.9 Å². The standard InChI is InChI=1S/C18H25N5O4S/c1-4-27-16-7-6-15(12-19-16)18(24)22-8-5-9-23(11-10-22)28(25,26)17-13-21(3)14(2)20-17/h6-7,12-13H,4-5,8-11H2,1-3H3. The van der Waals surface area contributed by atoms with Gasteiger partial charge in [-0.05, 0) is 26.3 Å². The van der Waals surface area contributed by atoms with Crippen molar-refractivity contribution in [2.24, 2.45) is 7.05 Å². The molecule has 2 aromatic heterocycles. The molecule has 0 aliphatic carbocycles. The molecule has 0 saturated carbocycles. The van der Waals surface area contributed by atoms with E-state index < -0.39 is 10.0 Å². The SMILES string of the molecule is CCOc1ccc(C(=O)N2CCCN(S(=O)(=O)c3cn(C)c(C)n3)CC2)cn1. The number of hydrogen-bond acceptors (Lipinski definition) is 6. The van der Waals surface area contributed by atoms with E-state index in [1.54, 1.807) is 35.6 Å². The first-order valence-corrected chi connectivity index (χ1v) is 10.6. The van der Waals surface area contributed by atoms with Gasteiger partial charge in [0.15, 0.2) is 5.03 Å². The minimum Gasteiger partial charge on any atom is -0.478 e. The lowest BCUT2D eigenvalue weighted by atomic mass is 10.2. The van der Waals surface area contributed by atoms with Crippen LogP contribution in [0.1, 0.15) is 29.5 Å². The van der Waals surface area contributed by atoms with Crippen molar-refractivity contribution >= 4 is 15.9 Å². The van der Waals surface area contributed by atoms with Crippen LogP contribution in [0.4, 0.5) is 0 Å². The molecule has 0 spiro atoms. The molecular formula is C18H25N5O4S. The van der Waals surface area contributed by atoms with Gasteiger partial charge in [0.1, 0.15) is 5.82 Å². The second-order valence-corrected chi connectivity index (χ2v) is 8.49. The van der Waals surface area contributed by atoms with Gasteiger partial charge in [-0.3, -0.25) is 4.79 Å². The second-order valence-electron chi connectivity index (χ2n) is 6.61. The van der Waals surface area contributed by atoms with E-state index in [1.165, 1.54) is 16.7 Å². The Morgan fingerprint density at radius 2 is 2.00 bits per heavy atom. The molecular weight excluding hydrogens is 382 g/mol. The van der Waals surface area contributed by atoms with Crippen molar-refractivity contribution in [1.29, 1.82) is 0 Å². The molecule has 0 aromatic carbocycles. The van der Waals surface area contributed by atoms with Crippen molar-refractivity contribution in [2.75, 3.05) is 32.8 Å². The molecule has 3 heterocycles. The number of pyridine rings is 1. The first kappa shape index (κ1) is 20.3. The van der Waals surface area contributed by atoms with E-state index in [9.17, 15) is 13.2 Å². The Balaban J connectivity index is 1.69. The molecule has 0 atom stereocenters. The van der Waals surface area contributed by atoms with Crippen molar-refractivity contribution < 1.29 is 17.9 Å². The number of sulfonamides is 1. The van der Waals surface area contributed by atoms with Gasteiger partial charge in [-0.15, -0.1) is 0 Å². The lowest BCUT2D eigenvalue weighted by molar-refractivity contribution is 0.0763. The Labute approximate surface area is 165 Å². The molecule has 28 heavy (non-hydrogen) atoms. The highest BCUT2D eigenvalue weighted by atomic mass is 32.2. The largest absolute Gasteiger partial charge is 0.478 e. The van der Waals surface area contributed by atoms with Gasteiger partial charge in [-0.25, -0.2) is 18.4 Å². The summed E-state index contributed by atoms with van der Waals surface area (Å²) in [5, 5.41) is 0.0444. The number of carbonyl (C=O) groups is 1. The summed E-state index contributed by atoms with van der Waals surface area (Å²) in [4.78, 5) is 22.7. The molecule has 1 fully saturated rings. The lowest BCUT2D eigenvalue weighted by Crippen LogP contribution is -2.37. The van der Waals surface area contributed by atoms with Crippen LogP contribution in [0, 0.1) is 6.92 Å². The van der Waals surface area contributed by atoms with Gasteiger partial charge < -0.3 is 14.2 Å². The van der Waals surface area contributed by atoms with E-state index in [-0.39, 0.29) is 17.5 Å². The van der Waals surface area contributed by atoms with Gasteiger partial charge >= 0.3 is 0 Å². The fourth-order valence-electron chi connectivity index (χ4n) is 3.04. The summed E-state index contributed by atoms with van der Waals surface area (Å²) in [6.07, 6.45) is 3.56. The van der Waals surface area contributed by atoms with Gasteiger partial charge in [-0.1, -0.05) is 0 Å². The Kier molecular flexibility index (Phi) is 5.99. The second kappa shape index (κ2) is 8.27. The van der Waals surface area contributed by atoms with Crippen LogP contribution in [0.5, 0.6) is 5.88 Å². The fraction of sp³-hybridized carbons (Fsp3) is 0.500. The third-order valence-electron chi connectivity index (χ3n) is 4.71. The number of hydrogen-bond donors (Lipinski definition) is 0. The molecule has 0 bridgehead atoms. The van der Waals surface area contributed by atoms with Crippen molar-refractivity contribution in [3.8, 4) is 5.88 Å². The van der Waals surface area contributed by atoms with E-state index in [2.05, 4.69) is 9.97 Å². The van der Waals surface area contributed by atoms with Crippen LogP contribution in [-0.4, -0.2) is 70.9 Å². The van der Waals surface area contributed by atoms with Crippen LogP contribution >= 0.6 is 0 Å². The van der Waals surface area contributed by atoms with Crippen LogP contribution in [0.3, 0.4) is 0 Å². The van der Waals surface area contributed by atoms with Gasteiger partial charge in [0.05, 0.1) is 12.2 Å². The maximum Gasteiger partial charge on any atom is 0.262 e. The van der Waals surface area contributed by atoms with Crippen molar-refractivity contribution in [2.45, 2.75) is 25.3 Å². The Hall–Kier alpha value is -2.46. The number of carbonyl (C=O) groups excluding carboxylic acids is 1. The van der Waals surface area contributed by atoms with E-state index in [4.69, 9.17) is 4.74 Å². The van der Waals surface area contributed by atoms with Gasteiger partial charge in [-0.2, -0.15) is 4.31 Å². The van der Waals surface area contributed by atoms with Crippen LogP contribution in [0.15, 0.2) is 29.6 Å². The fourth-order valence-corrected chi connectivity index (χ4v) is 4.54. The Morgan fingerprint density at radius 3 is 2.61 bits per heavy atom.